The highest BCUT2D eigenvalue weighted by Crippen LogP contribution is 2.36. The van der Waals surface area contributed by atoms with Crippen LogP contribution in [-0.2, 0) is 33.3 Å². The van der Waals surface area contributed by atoms with Crippen LogP contribution >= 0.6 is 0 Å². The topological polar surface area (TPSA) is 181 Å². The Hall–Kier alpha value is -2.58. The molecule has 0 spiro atoms. The fourth-order valence-corrected chi connectivity index (χ4v) is 4.12. The van der Waals surface area contributed by atoms with E-state index in [4.69, 9.17) is 23.7 Å². The van der Waals surface area contributed by atoms with Gasteiger partial charge in [-0.25, -0.2) is 4.79 Å². The monoisotopic (exact) mass is 556 g/mol. The summed E-state index contributed by atoms with van der Waals surface area (Å²) >= 11 is 0. The van der Waals surface area contributed by atoms with Gasteiger partial charge in [-0.2, -0.15) is 0 Å². The Morgan fingerprint density at radius 2 is 1.90 bits per heavy atom. The molecule has 12 heteroatoms. The number of hydrogen-bond acceptors (Lipinski definition) is 12. The number of carbonyl (C=O) groups is 2. The predicted octanol–water partition coefficient (Wildman–Crippen LogP) is 0.375. The van der Waals surface area contributed by atoms with E-state index in [0.29, 0.717) is 18.4 Å². The molecule has 0 aromatic heterocycles. The Labute approximate surface area is 227 Å². The van der Waals surface area contributed by atoms with Gasteiger partial charge in [0.1, 0.15) is 31.0 Å². The first-order valence-electron chi connectivity index (χ1n) is 12.6. The number of ether oxygens (including phenoxy) is 5. The lowest BCUT2D eigenvalue weighted by Crippen LogP contribution is -2.60. The molecule has 8 atom stereocenters. The third kappa shape index (κ3) is 8.70. The average molecular weight is 557 g/mol. The van der Waals surface area contributed by atoms with Crippen LogP contribution in [0.1, 0.15) is 40.0 Å². The second-order valence-corrected chi connectivity index (χ2v) is 9.72. The van der Waals surface area contributed by atoms with E-state index in [1.807, 2.05) is 6.08 Å². The third-order valence-corrected chi connectivity index (χ3v) is 6.64. The smallest absolute Gasteiger partial charge is 0.337 e. The van der Waals surface area contributed by atoms with Gasteiger partial charge in [0.15, 0.2) is 6.29 Å². The molecule has 0 saturated carbocycles. The fourth-order valence-electron chi connectivity index (χ4n) is 4.12. The van der Waals surface area contributed by atoms with Crippen molar-refractivity contribution in [1.82, 2.24) is 0 Å². The zero-order valence-electron chi connectivity index (χ0n) is 22.7. The molecule has 39 heavy (non-hydrogen) atoms. The molecule has 2 heterocycles. The van der Waals surface area contributed by atoms with Gasteiger partial charge in [0.05, 0.1) is 37.6 Å². The third-order valence-electron chi connectivity index (χ3n) is 6.64. The molecular weight excluding hydrogens is 516 g/mol. The predicted molar refractivity (Wildman–Crippen MR) is 136 cm³/mol. The summed E-state index contributed by atoms with van der Waals surface area (Å²) in [4.78, 5) is 25.2. The highest BCUT2D eigenvalue weighted by atomic mass is 16.8. The van der Waals surface area contributed by atoms with E-state index >= 15 is 0 Å². The first-order chi connectivity index (χ1) is 18.4. The van der Waals surface area contributed by atoms with Crippen molar-refractivity contribution < 1.29 is 58.8 Å². The maximum absolute atomic E-state index is 12.8. The number of carbonyl (C=O) groups excluding carboxylic acids is 2. The molecule has 0 aromatic rings. The first-order valence-corrected chi connectivity index (χ1v) is 12.6. The molecule has 2 aliphatic rings. The summed E-state index contributed by atoms with van der Waals surface area (Å²) in [6.45, 7) is 8.01. The minimum atomic E-state index is -1.68. The minimum absolute atomic E-state index is 0.00548. The molecule has 0 amide bonds. The second kappa shape index (κ2) is 14.7. The molecule has 12 nitrogen and oxygen atoms in total. The van der Waals surface area contributed by atoms with Crippen LogP contribution < -0.4 is 0 Å². The average Bonchev–Trinajstić information content (AvgIpc) is 2.91. The van der Waals surface area contributed by atoms with Crippen LogP contribution in [0.5, 0.6) is 0 Å². The van der Waals surface area contributed by atoms with Crippen LogP contribution in [0.25, 0.3) is 0 Å². The van der Waals surface area contributed by atoms with Gasteiger partial charge in [-0.1, -0.05) is 18.2 Å². The van der Waals surface area contributed by atoms with E-state index in [-0.39, 0.29) is 18.6 Å². The second-order valence-electron chi connectivity index (χ2n) is 9.72. The molecule has 0 bridgehead atoms. The molecule has 2 rings (SSSR count). The normalized spacial score (nSPS) is 32.0. The van der Waals surface area contributed by atoms with Gasteiger partial charge in [0.25, 0.3) is 0 Å². The maximum atomic E-state index is 12.8. The van der Waals surface area contributed by atoms with Crippen molar-refractivity contribution in [3.05, 3.63) is 47.8 Å². The van der Waals surface area contributed by atoms with Crippen molar-refractivity contribution >= 4 is 11.9 Å². The number of rotatable bonds is 12. The van der Waals surface area contributed by atoms with E-state index in [1.165, 1.54) is 13.2 Å². The van der Waals surface area contributed by atoms with Crippen LogP contribution in [0.4, 0.5) is 0 Å². The quantitative estimate of drug-likeness (QED) is 0.165. The van der Waals surface area contributed by atoms with Crippen molar-refractivity contribution in [1.29, 1.82) is 0 Å². The number of esters is 2. The summed E-state index contributed by atoms with van der Waals surface area (Å²) in [5.74, 6) is -2.22. The summed E-state index contributed by atoms with van der Waals surface area (Å²) in [6, 6.07) is 0. The molecular formula is C27H40O12. The van der Waals surface area contributed by atoms with Gasteiger partial charge in [-0.05, 0) is 39.2 Å². The van der Waals surface area contributed by atoms with E-state index in [1.54, 1.807) is 26.8 Å². The lowest BCUT2D eigenvalue weighted by Gasteiger charge is -2.41. The zero-order valence-corrected chi connectivity index (χ0v) is 22.7. The molecule has 220 valence electrons. The molecule has 0 aromatic carbocycles. The highest BCUT2D eigenvalue weighted by molar-refractivity contribution is 5.90. The van der Waals surface area contributed by atoms with Crippen molar-refractivity contribution in [2.24, 2.45) is 5.92 Å². The van der Waals surface area contributed by atoms with Crippen LogP contribution in [0, 0.1) is 5.92 Å². The van der Waals surface area contributed by atoms with Gasteiger partial charge < -0.3 is 49.2 Å². The summed E-state index contributed by atoms with van der Waals surface area (Å²) in [7, 11) is 1.18. The van der Waals surface area contributed by atoms with Gasteiger partial charge >= 0.3 is 11.9 Å². The Bertz CT molecular complexity index is 950. The Morgan fingerprint density at radius 1 is 1.21 bits per heavy atom. The first kappa shape index (κ1) is 32.6. The Morgan fingerprint density at radius 3 is 2.49 bits per heavy atom. The lowest BCUT2D eigenvalue weighted by atomic mass is 9.86. The molecule has 5 N–H and O–H groups in total. The molecule has 2 aliphatic heterocycles. The van der Waals surface area contributed by atoms with Crippen molar-refractivity contribution in [3.63, 3.8) is 0 Å². The van der Waals surface area contributed by atoms with E-state index < -0.39 is 67.1 Å². The fraction of sp³-hybridized carbons (Fsp3) is 0.630. The van der Waals surface area contributed by atoms with Gasteiger partial charge in [0, 0.05) is 11.5 Å². The summed E-state index contributed by atoms with van der Waals surface area (Å²) in [5.41, 5.74) is 0.138. The zero-order chi connectivity index (χ0) is 29.3. The van der Waals surface area contributed by atoms with Crippen molar-refractivity contribution in [2.45, 2.75) is 82.6 Å². The van der Waals surface area contributed by atoms with Crippen molar-refractivity contribution in [2.75, 3.05) is 20.3 Å². The summed E-state index contributed by atoms with van der Waals surface area (Å²) in [6.07, 6.45) is -2.15. The Balaban J connectivity index is 2.13. The van der Waals surface area contributed by atoms with Crippen molar-refractivity contribution in [3.8, 4) is 0 Å². The molecule has 0 radical (unpaired) electrons. The highest BCUT2D eigenvalue weighted by Gasteiger charge is 2.46. The standard InChI is InChI=1S/C27H40O12/c1-6-16-17(11-20(29)36-13-15(3)9-8-10-27(4,34)7-2)18(24(33)35-5)14-37-25(16)39-26-23(32)22(31)21(30)19(12-28)38-26/h6-7,9,14,17,19,21-23,25-26,28,30-32,34H,2,8,10-13H2,1,3-5H3/b15-9+,16-6?/t17-,19+,21-,22-,23+,25-,26-,27+/m0/s1. The number of methoxy groups -OCH3 is 1. The maximum Gasteiger partial charge on any atom is 0.337 e. The van der Waals surface area contributed by atoms with Crippen LogP contribution in [-0.4, -0.2) is 100 Å². The number of allylic oxidation sites excluding steroid dienone is 2. The number of hydrogen-bond donors (Lipinski definition) is 5. The molecule has 1 fully saturated rings. The summed E-state index contributed by atoms with van der Waals surface area (Å²) in [5, 5.41) is 49.8. The molecule has 0 unspecified atom stereocenters. The van der Waals surface area contributed by atoms with Gasteiger partial charge in [-0.3, -0.25) is 4.79 Å². The van der Waals surface area contributed by atoms with Gasteiger partial charge in [0.2, 0.25) is 6.29 Å². The van der Waals surface area contributed by atoms with Crippen LogP contribution in [0.3, 0.4) is 0 Å². The SMILES string of the molecule is C=C[C@@](C)(O)CC/C=C(\C)COC(=O)C[C@@H]1C(C(=O)OC)=CO[C@@H](O[C@@H]2O[C@H](CO)[C@H](O)[C@H](O)[C@H]2O)C1=CC. The molecule has 1 saturated heterocycles. The minimum Gasteiger partial charge on any atom is -0.468 e. The largest absolute Gasteiger partial charge is 0.468 e. The van der Waals surface area contributed by atoms with E-state index in [0.717, 1.165) is 11.8 Å². The Kier molecular flexibility index (Phi) is 12.3. The number of aliphatic hydroxyl groups is 5. The van der Waals surface area contributed by atoms with Gasteiger partial charge in [-0.15, -0.1) is 6.58 Å². The summed E-state index contributed by atoms with van der Waals surface area (Å²) < 4.78 is 26.9. The van der Waals surface area contributed by atoms with E-state index in [9.17, 15) is 35.1 Å². The molecule has 0 aliphatic carbocycles. The lowest BCUT2D eigenvalue weighted by molar-refractivity contribution is -0.327. The van der Waals surface area contributed by atoms with Crippen LogP contribution in [0.15, 0.2) is 47.8 Å². The number of aliphatic hydroxyl groups excluding tert-OH is 4. The van der Waals surface area contributed by atoms with Crippen LogP contribution in [0.2, 0.25) is 0 Å². The van der Waals surface area contributed by atoms with E-state index in [2.05, 4.69) is 6.58 Å².